The first-order valence-corrected chi connectivity index (χ1v) is 8.16. The van der Waals surface area contributed by atoms with Crippen LogP contribution in [-0.4, -0.2) is 43.8 Å². The fraction of sp³-hybridized carbons (Fsp3) is 0.500. The Balaban J connectivity index is 2.01. The Kier molecular flexibility index (Phi) is 4.06. The number of hydrogen-bond donors (Lipinski definition) is 0. The van der Waals surface area contributed by atoms with Crippen LogP contribution in [0.2, 0.25) is 0 Å². The van der Waals surface area contributed by atoms with Gasteiger partial charge >= 0.3 is 0 Å². The Morgan fingerprint density at radius 1 is 1.22 bits per heavy atom. The third-order valence-corrected chi connectivity index (χ3v) is 4.47. The summed E-state index contributed by atoms with van der Waals surface area (Å²) < 4.78 is 0. The largest absolute Gasteiger partial charge is 0.292 e. The van der Waals surface area contributed by atoms with Gasteiger partial charge in [0, 0.05) is 11.1 Å². The van der Waals surface area contributed by atoms with Gasteiger partial charge in [-0.15, -0.1) is 0 Å². The molecule has 1 aliphatic rings. The third-order valence-electron chi connectivity index (χ3n) is 4.47. The standard InChI is InChI=1S/C18H24N4O/c1-13-7-8-15(22-19-9-10-20-22)14(12-13)17(23)16-6-5-11-21(16)18(2,3)4/h7-10,12,16H,5-6,11H2,1-4H3. The fourth-order valence-corrected chi connectivity index (χ4v) is 3.38. The summed E-state index contributed by atoms with van der Waals surface area (Å²) in [5.74, 6) is 0.174. The summed E-state index contributed by atoms with van der Waals surface area (Å²) >= 11 is 0. The first kappa shape index (κ1) is 15.9. The molecule has 5 heteroatoms. The van der Waals surface area contributed by atoms with Gasteiger partial charge in [0.15, 0.2) is 5.78 Å². The summed E-state index contributed by atoms with van der Waals surface area (Å²) in [5.41, 5.74) is 2.53. The molecule has 0 saturated carbocycles. The minimum absolute atomic E-state index is 0.00916. The molecule has 2 heterocycles. The maximum absolute atomic E-state index is 13.3. The smallest absolute Gasteiger partial charge is 0.182 e. The monoisotopic (exact) mass is 312 g/mol. The molecular weight excluding hydrogens is 288 g/mol. The van der Waals surface area contributed by atoms with Crippen molar-refractivity contribution in [1.82, 2.24) is 19.9 Å². The lowest BCUT2D eigenvalue weighted by molar-refractivity contribution is 0.0720. The molecule has 23 heavy (non-hydrogen) atoms. The fourth-order valence-electron chi connectivity index (χ4n) is 3.38. The molecule has 2 aromatic rings. The van der Waals surface area contributed by atoms with Crippen LogP contribution < -0.4 is 0 Å². The van der Waals surface area contributed by atoms with E-state index >= 15 is 0 Å². The Morgan fingerprint density at radius 2 is 1.91 bits per heavy atom. The number of likely N-dealkylation sites (tertiary alicyclic amines) is 1. The van der Waals surface area contributed by atoms with Crippen molar-refractivity contribution in [3.8, 4) is 5.69 Å². The number of benzene rings is 1. The van der Waals surface area contributed by atoms with Gasteiger partial charge in [0.1, 0.15) is 0 Å². The number of aryl methyl sites for hydroxylation is 1. The predicted octanol–water partition coefficient (Wildman–Crippen LogP) is 3.02. The second kappa shape index (κ2) is 5.89. The Bertz CT molecular complexity index is 700. The number of hydrogen-bond acceptors (Lipinski definition) is 4. The molecule has 3 rings (SSSR count). The molecule has 122 valence electrons. The predicted molar refractivity (Wildman–Crippen MR) is 89.9 cm³/mol. The molecule has 0 aliphatic carbocycles. The Labute approximate surface area is 137 Å². The molecule has 1 aromatic heterocycles. The van der Waals surface area contributed by atoms with Gasteiger partial charge in [-0.25, -0.2) is 0 Å². The average molecular weight is 312 g/mol. The molecule has 5 nitrogen and oxygen atoms in total. The van der Waals surface area contributed by atoms with Crippen LogP contribution in [0.1, 0.15) is 49.5 Å². The lowest BCUT2D eigenvalue weighted by Gasteiger charge is -2.36. The van der Waals surface area contributed by atoms with Gasteiger partial charge in [0.05, 0.1) is 24.1 Å². The van der Waals surface area contributed by atoms with Crippen molar-refractivity contribution in [3.05, 3.63) is 41.7 Å². The topological polar surface area (TPSA) is 51.0 Å². The zero-order valence-corrected chi connectivity index (χ0v) is 14.3. The zero-order valence-electron chi connectivity index (χ0n) is 14.3. The van der Waals surface area contributed by atoms with E-state index in [0.717, 1.165) is 30.6 Å². The highest BCUT2D eigenvalue weighted by molar-refractivity contribution is 6.03. The van der Waals surface area contributed by atoms with Crippen LogP contribution in [0.3, 0.4) is 0 Å². The molecule has 1 saturated heterocycles. The number of carbonyl (C=O) groups excluding carboxylic acids is 1. The highest BCUT2D eigenvalue weighted by atomic mass is 16.1. The van der Waals surface area contributed by atoms with Crippen molar-refractivity contribution in [2.75, 3.05) is 6.54 Å². The van der Waals surface area contributed by atoms with Gasteiger partial charge in [-0.2, -0.15) is 15.0 Å². The molecular formula is C18H24N4O. The molecule has 0 radical (unpaired) electrons. The summed E-state index contributed by atoms with van der Waals surface area (Å²) in [6.45, 7) is 9.49. The number of ketones is 1. The molecule has 1 aromatic carbocycles. The van der Waals surface area contributed by atoms with Crippen molar-refractivity contribution in [2.24, 2.45) is 0 Å². The van der Waals surface area contributed by atoms with Crippen molar-refractivity contribution in [3.63, 3.8) is 0 Å². The summed E-state index contributed by atoms with van der Waals surface area (Å²) in [5, 5.41) is 8.39. The van der Waals surface area contributed by atoms with Gasteiger partial charge in [0.25, 0.3) is 0 Å². The number of nitrogens with zero attached hydrogens (tertiary/aromatic N) is 4. The van der Waals surface area contributed by atoms with E-state index in [1.54, 1.807) is 12.4 Å². The van der Waals surface area contributed by atoms with E-state index in [9.17, 15) is 4.79 Å². The molecule has 0 spiro atoms. The van der Waals surface area contributed by atoms with E-state index < -0.39 is 0 Å². The van der Waals surface area contributed by atoms with Gasteiger partial charge in [-0.3, -0.25) is 9.69 Å². The van der Waals surface area contributed by atoms with E-state index in [1.165, 1.54) is 4.80 Å². The summed E-state index contributed by atoms with van der Waals surface area (Å²) in [6, 6.07) is 5.82. The zero-order chi connectivity index (χ0) is 16.6. The van der Waals surface area contributed by atoms with Crippen molar-refractivity contribution in [2.45, 2.75) is 52.1 Å². The first-order valence-electron chi connectivity index (χ1n) is 8.16. The molecule has 1 atom stereocenters. The molecule has 0 N–H and O–H groups in total. The molecule has 1 unspecified atom stereocenters. The summed E-state index contributed by atoms with van der Waals surface area (Å²) in [4.78, 5) is 17.1. The summed E-state index contributed by atoms with van der Waals surface area (Å²) in [7, 11) is 0. The van der Waals surface area contributed by atoms with Gasteiger partial charge in [-0.1, -0.05) is 11.6 Å². The quantitative estimate of drug-likeness (QED) is 0.818. The normalized spacial score (nSPS) is 19.2. The number of Topliss-reactive ketones (excluding diaryl/α,β-unsaturated/α-hetero) is 1. The highest BCUT2D eigenvalue weighted by Crippen LogP contribution is 2.30. The molecule has 0 bridgehead atoms. The Hall–Kier alpha value is -2.01. The maximum Gasteiger partial charge on any atom is 0.182 e. The van der Waals surface area contributed by atoms with Gasteiger partial charge in [0.2, 0.25) is 0 Å². The van der Waals surface area contributed by atoms with Crippen molar-refractivity contribution >= 4 is 5.78 Å². The van der Waals surface area contributed by atoms with Crippen LogP contribution in [0, 0.1) is 6.92 Å². The average Bonchev–Trinajstić information content (AvgIpc) is 3.17. The first-order chi connectivity index (χ1) is 10.9. The lowest BCUT2D eigenvalue weighted by atomic mass is 9.96. The number of carbonyl (C=O) groups is 1. The number of aromatic nitrogens is 3. The minimum atomic E-state index is -0.0638. The minimum Gasteiger partial charge on any atom is -0.292 e. The Morgan fingerprint density at radius 3 is 2.57 bits per heavy atom. The van der Waals surface area contributed by atoms with E-state index in [2.05, 4.69) is 35.9 Å². The lowest BCUT2D eigenvalue weighted by Crippen LogP contribution is -2.48. The van der Waals surface area contributed by atoms with Crippen LogP contribution >= 0.6 is 0 Å². The summed E-state index contributed by atoms with van der Waals surface area (Å²) in [6.07, 6.45) is 5.24. The van der Waals surface area contributed by atoms with E-state index in [0.29, 0.717) is 5.56 Å². The van der Waals surface area contributed by atoms with Crippen LogP contribution in [0.4, 0.5) is 0 Å². The van der Waals surface area contributed by atoms with E-state index in [4.69, 9.17) is 0 Å². The number of rotatable bonds is 3. The van der Waals surface area contributed by atoms with Gasteiger partial charge < -0.3 is 0 Å². The van der Waals surface area contributed by atoms with Crippen LogP contribution in [0.5, 0.6) is 0 Å². The highest BCUT2D eigenvalue weighted by Gasteiger charge is 2.38. The van der Waals surface area contributed by atoms with Gasteiger partial charge in [-0.05, 0) is 59.2 Å². The maximum atomic E-state index is 13.3. The van der Waals surface area contributed by atoms with Crippen molar-refractivity contribution < 1.29 is 4.79 Å². The van der Waals surface area contributed by atoms with Crippen LogP contribution in [-0.2, 0) is 0 Å². The van der Waals surface area contributed by atoms with Crippen LogP contribution in [0.25, 0.3) is 5.69 Å². The molecule has 1 fully saturated rings. The van der Waals surface area contributed by atoms with E-state index in [1.807, 2.05) is 25.1 Å². The van der Waals surface area contributed by atoms with Crippen molar-refractivity contribution in [1.29, 1.82) is 0 Å². The second-order valence-electron chi connectivity index (χ2n) is 7.23. The molecule has 0 amide bonds. The van der Waals surface area contributed by atoms with Crippen LogP contribution in [0.15, 0.2) is 30.6 Å². The van der Waals surface area contributed by atoms with E-state index in [-0.39, 0.29) is 17.4 Å². The second-order valence-corrected chi connectivity index (χ2v) is 7.23. The third kappa shape index (κ3) is 3.06. The SMILES string of the molecule is Cc1ccc(-n2nccn2)c(C(=O)C2CCCN2C(C)(C)C)c1. The molecule has 1 aliphatic heterocycles.